The molecule has 0 spiro atoms. The van der Waals surface area contributed by atoms with E-state index in [1.807, 2.05) is 0 Å². The molecule has 0 bridgehead atoms. The molecule has 5 heteroatoms. The standard InChI is InChI=1S/Ba.Cu.S.Sn.Zn.2H. The summed E-state index contributed by atoms with van der Waals surface area (Å²) in [6, 6.07) is 0. The van der Waals surface area contributed by atoms with E-state index in [0.717, 1.165) is 20.6 Å². The molecule has 0 amide bonds. The van der Waals surface area contributed by atoms with Gasteiger partial charge in [0.25, 0.3) is 0 Å². The van der Waals surface area contributed by atoms with E-state index in [0.29, 0.717) is 0 Å². The van der Waals surface area contributed by atoms with E-state index in [1.165, 1.54) is 0 Å². The van der Waals surface area contributed by atoms with Crippen LogP contribution in [0.15, 0.2) is 0 Å². The van der Waals surface area contributed by atoms with Gasteiger partial charge >= 0.3 is 78.8 Å². The van der Waals surface area contributed by atoms with Crippen LogP contribution in [0.3, 0.4) is 0 Å². The van der Waals surface area contributed by atoms with Gasteiger partial charge < -0.3 is 0 Å². The average molecular weight is 419 g/mol. The maximum absolute atomic E-state index is 4.17. The fraction of sp³-hybridized carbons (Fsp3) is 0. The first-order valence-corrected chi connectivity index (χ1v) is 4.11. The van der Waals surface area contributed by atoms with Crippen LogP contribution in [0.25, 0.3) is 0 Å². The van der Waals surface area contributed by atoms with E-state index in [9.17, 15) is 0 Å². The average Bonchev–Trinajstić information content (AvgIpc) is 1.00. The van der Waals surface area contributed by atoms with Crippen molar-refractivity contribution in [2.45, 2.75) is 0 Å². The van der Waals surface area contributed by atoms with Crippen LogP contribution in [0.2, 0.25) is 0 Å². The minimum absolute atomic E-state index is 0. The molecule has 0 heterocycles. The summed E-state index contributed by atoms with van der Waals surface area (Å²) < 4.78 is 0. The summed E-state index contributed by atoms with van der Waals surface area (Å²) in [7, 11) is 4.17. The molecule has 0 N–H and O–H groups in total. The van der Waals surface area contributed by atoms with Gasteiger partial charge in [-0.3, -0.25) is 0 Å². The summed E-state index contributed by atoms with van der Waals surface area (Å²) in [5, 5.41) is 0. The monoisotopic (exact) mass is 419 g/mol. The third-order valence-corrected chi connectivity index (χ3v) is 0. The normalized spacial score (nSPS) is 0.800. The summed E-state index contributed by atoms with van der Waals surface area (Å²) >= 11 is 1.13. The van der Waals surface area contributed by atoms with Crippen LogP contribution in [0.1, 0.15) is 0 Å². The second-order valence-electron chi connectivity index (χ2n) is 0. The van der Waals surface area contributed by atoms with Gasteiger partial charge in [-0.2, -0.15) is 0 Å². The van der Waals surface area contributed by atoms with Crippen molar-refractivity contribution in [3.05, 3.63) is 0 Å². The first-order valence-electron chi connectivity index (χ1n) is 0.204. The Bertz CT molecular complexity index is 11.6. The van der Waals surface area contributed by atoms with Crippen molar-refractivity contribution in [3.8, 4) is 0 Å². The Labute approximate surface area is 112 Å². The molecule has 5 heavy (non-hydrogen) atoms. The summed E-state index contributed by atoms with van der Waals surface area (Å²) in [6.45, 7) is 0. The number of rotatable bonds is 0. The molecule has 0 aromatic rings. The van der Waals surface area contributed by atoms with E-state index in [1.54, 1.807) is 0 Å². The van der Waals surface area contributed by atoms with Gasteiger partial charge in [0, 0.05) is 36.5 Å². The van der Waals surface area contributed by atoms with E-state index in [4.69, 9.17) is 0 Å². The smallest absolute Gasteiger partial charge is 0 e. The molecule has 0 aromatic carbocycles. The van der Waals surface area contributed by atoms with Crippen molar-refractivity contribution in [2.24, 2.45) is 0 Å². The zero-order valence-corrected chi connectivity index (χ0v) is 9.50. The van der Waals surface area contributed by atoms with Crippen LogP contribution >= 0.6 is 9.29 Å². The second kappa shape index (κ2) is 25.2. The summed E-state index contributed by atoms with van der Waals surface area (Å²) in [5.74, 6) is 0. The first-order chi connectivity index (χ1) is 1.00. The molecule has 3 radical (unpaired) electrons. The van der Waals surface area contributed by atoms with Crippen molar-refractivity contribution >= 4 is 78.8 Å². The van der Waals surface area contributed by atoms with Gasteiger partial charge in [0.05, 0.1) is 0 Å². The molecule has 0 unspecified atom stereocenters. The van der Waals surface area contributed by atoms with Crippen LogP contribution < -0.4 is 0 Å². The van der Waals surface area contributed by atoms with Crippen molar-refractivity contribution in [1.29, 1.82) is 0 Å². The van der Waals surface area contributed by atoms with Crippen molar-refractivity contribution < 1.29 is 36.5 Å². The molecule has 0 saturated carbocycles. The summed E-state index contributed by atoms with van der Waals surface area (Å²) in [4.78, 5) is 0. The molecular weight excluding hydrogens is 417 g/mol. The molecule has 0 saturated heterocycles. The van der Waals surface area contributed by atoms with E-state index < -0.39 is 0 Å². The number of hydrogen-bond acceptors (Lipinski definition) is 1. The fourth-order valence-corrected chi connectivity index (χ4v) is 0. The minimum Gasteiger partial charge on any atom is 0 e. The van der Waals surface area contributed by atoms with Crippen molar-refractivity contribution in [2.75, 3.05) is 0 Å². The molecule has 0 fully saturated rings. The van der Waals surface area contributed by atoms with E-state index >= 15 is 0 Å². The maximum Gasteiger partial charge on any atom is 0 e. The topological polar surface area (TPSA) is 0 Å². The Hall–Kier alpha value is 3.73. The predicted octanol–water partition coefficient (Wildman–Crippen LogP) is -0.654. The number of hydrogen-bond donors (Lipinski definition) is 0. The van der Waals surface area contributed by atoms with Crippen molar-refractivity contribution in [1.82, 2.24) is 0 Å². The van der Waals surface area contributed by atoms with Gasteiger partial charge in [-0.05, 0) is 0 Å². The molecule has 0 aromatic heterocycles. The molecule has 27 valence electrons. The third-order valence-electron chi connectivity index (χ3n) is 0. The molecule has 0 nitrogen and oxygen atoms in total. The maximum atomic E-state index is 4.17. The van der Waals surface area contributed by atoms with Crippen LogP contribution in [0.5, 0.6) is 0 Å². The largest absolute Gasteiger partial charge is 0 e. The van der Waals surface area contributed by atoms with Crippen molar-refractivity contribution in [3.63, 3.8) is 0 Å². The van der Waals surface area contributed by atoms with Crippen LogP contribution in [0.4, 0.5) is 0 Å². The minimum atomic E-state index is 0. The Morgan fingerprint density at radius 1 is 1.20 bits per heavy atom. The van der Waals surface area contributed by atoms with E-state index in [2.05, 4.69) is 9.29 Å². The van der Waals surface area contributed by atoms with Gasteiger partial charge in [-0.1, -0.05) is 0 Å². The SMILES string of the molecule is [BaH2].[Cu].[S]=[Sn].[Zn]. The third kappa shape index (κ3) is 18.2. The van der Waals surface area contributed by atoms with E-state index in [-0.39, 0.29) is 85.4 Å². The molecule has 0 atom stereocenters. The Morgan fingerprint density at radius 2 is 1.20 bits per heavy atom. The van der Waals surface area contributed by atoms with Gasteiger partial charge in [-0.15, -0.1) is 0 Å². The predicted molar refractivity (Wildman–Crippen MR) is 21.9 cm³/mol. The van der Waals surface area contributed by atoms with Gasteiger partial charge in [-0.25, -0.2) is 0 Å². The molecule has 0 rings (SSSR count). The van der Waals surface area contributed by atoms with Gasteiger partial charge in [0.1, 0.15) is 0 Å². The Balaban J connectivity index is -0.00000000167. The van der Waals surface area contributed by atoms with Crippen LogP contribution in [-0.2, 0) is 36.5 Å². The Morgan fingerprint density at radius 3 is 1.20 bits per heavy atom. The van der Waals surface area contributed by atoms with Crippen LogP contribution in [0, 0.1) is 0 Å². The summed E-state index contributed by atoms with van der Waals surface area (Å²) in [5.41, 5.74) is 0. The van der Waals surface area contributed by atoms with Gasteiger partial charge in [0.2, 0.25) is 0 Å². The fourth-order valence-electron chi connectivity index (χ4n) is 0. The quantitative estimate of drug-likeness (QED) is 0.471. The van der Waals surface area contributed by atoms with Crippen LogP contribution in [-0.4, -0.2) is 69.5 Å². The van der Waals surface area contributed by atoms with Gasteiger partial charge in [0.15, 0.2) is 0 Å². The zero-order valence-electron chi connectivity index (χ0n) is 1.92. The molecular formula is H2BaCuSSnZn. The summed E-state index contributed by atoms with van der Waals surface area (Å²) in [6.07, 6.45) is 0. The molecule has 0 aliphatic rings. The molecule has 0 aliphatic carbocycles. The first kappa shape index (κ1) is 23.3. The second-order valence-corrected chi connectivity index (χ2v) is 0. The zero-order chi connectivity index (χ0) is 2.00. The Kier molecular flexibility index (Phi) is 117. The molecule has 0 aliphatic heterocycles.